The van der Waals surface area contributed by atoms with Gasteiger partial charge in [-0.25, -0.2) is 8.42 Å². The maximum atomic E-state index is 12.1. The summed E-state index contributed by atoms with van der Waals surface area (Å²) < 4.78 is 22.1. The minimum absolute atomic E-state index is 0.0440. The second-order valence-corrected chi connectivity index (χ2v) is 7.68. The summed E-state index contributed by atoms with van der Waals surface area (Å²) in [5.74, 6) is -1.33. The Morgan fingerprint density at radius 1 is 1.45 bits per heavy atom. The van der Waals surface area contributed by atoms with Gasteiger partial charge < -0.3 is 15.7 Å². The molecule has 0 aliphatic carbocycles. The zero-order valence-corrected chi connectivity index (χ0v) is 12.4. The number of carboxylic acids is 1. The number of sulfone groups is 1. The van der Waals surface area contributed by atoms with Gasteiger partial charge in [0.15, 0.2) is 0 Å². The lowest BCUT2D eigenvalue weighted by molar-refractivity contribution is -0.141. The third-order valence-electron chi connectivity index (χ3n) is 3.41. The summed E-state index contributed by atoms with van der Waals surface area (Å²) in [6.45, 7) is 0.944. The van der Waals surface area contributed by atoms with Crippen LogP contribution in [0.2, 0.25) is 0 Å². The van der Waals surface area contributed by atoms with Crippen molar-refractivity contribution in [2.24, 2.45) is 11.7 Å². The number of nitrogens with two attached hydrogens (primary N) is 1. The first kappa shape index (κ1) is 16.9. The van der Waals surface area contributed by atoms with E-state index in [0.717, 1.165) is 19.1 Å². The summed E-state index contributed by atoms with van der Waals surface area (Å²) in [4.78, 5) is 24.4. The van der Waals surface area contributed by atoms with E-state index in [4.69, 9.17) is 10.8 Å². The molecule has 20 heavy (non-hydrogen) atoms. The molecule has 2 unspecified atom stereocenters. The number of likely N-dealkylation sites (tertiary alicyclic amines) is 1. The summed E-state index contributed by atoms with van der Waals surface area (Å²) in [6, 6.07) is -0.840. The number of rotatable bonds is 6. The molecule has 3 N–H and O–H groups in total. The fourth-order valence-corrected chi connectivity index (χ4v) is 3.06. The molecule has 116 valence electrons. The molecule has 0 radical (unpaired) electrons. The molecule has 0 aromatic carbocycles. The molecule has 1 fully saturated rings. The quantitative estimate of drug-likeness (QED) is 0.680. The molecule has 0 spiro atoms. The van der Waals surface area contributed by atoms with Gasteiger partial charge in [-0.15, -0.1) is 0 Å². The summed E-state index contributed by atoms with van der Waals surface area (Å²) in [6.07, 6.45) is 2.78. The van der Waals surface area contributed by atoms with Gasteiger partial charge in [-0.05, 0) is 25.2 Å². The van der Waals surface area contributed by atoms with Crippen LogP contribution >= 0.6 is 0 Å². The Bertz CT molecular complexity index is 462. The van der Waals surface area contributed by atoms with Crippen LogP contribution in [0.1, 0.15) is 25.7 Å². The van der Waals surface area contributed by atoms with Crippen molar-refractivity contribution >= 4 is 21.7 Å². The molecular weight excluding hydrogens is 284 g/mol. The molecule has 1 saturated heterocycles. The summed E-state index contributed by atoms with van der Waals surface area (Å²) in [7, 11) is -3.14. The first-order valence-corrected chi connectivity index (χ1v) is 8.69. The minimum atomic E-state index is -3.14. The Morgan fingerprint density at radius 2 is 2.10 bits per heavy atom. The van der Waals surface area contributed by atoms with Crippen molar-refractivity contribution in [3.05, 3.63) is 0 Å². The third kappa shape index (κ3) is 5.87. The monoisotopic (exact) mass is 306 g/mol. The smallest absolute Gasteiger partial charge is 0.303 e. The first-order chi connectivity index (χ1) is 9.19. The number of amides is 1. The van der Waals surface area contributed by atoms with Crippen molar-refractivity contribution in [1.29, 1.82) is 0 Å². The molecule has 1 heterocycles. The Labute approximate surface area is 119 Å². The fourth-order valence-electron chi connectivity index (χ4n) is 2.38. The molecule has 2 atom stereocenters. The lowest BCUT2D eigenvalue weighted by atomic mass is 9.94. The molecule has 0 bridgehead atoms. The van der Waals surface area contributed by atoms with Crippen LogP contribution in [0.4, 0.5) is 0 Å². The molecule has 7 nitrogen and oxygen atoms in total. The molecule has 0 aromatic heterocycles. The molecule has 1 amide bonds. The van der Waals surface area contributed by atoms with E-state index in [0.29, 0.717) is 13.1 Å². The van der Waals surface area contributed by atoms with Gasteiger partial charge in [-0.3, -0.25) is 9.59 Å². The standard InChI is InChI=1S/C12H22N2O5S/c1-20(18,19)6-4-10(13)12(17)14-5-2-3-9(8-14)7-11(15)16/h9-10H,2-8,13H2,1H3,(H,15,16). The predicted molar refractivity (Wildman–Crippen MR) is 73.9 cm³/mol. The molecule has 0 saturated carbocycles. The van der Waals surface area contributed by atoms with Crippen LogP contribution in [0, 0.1) is 5.92 Å². The second-order valence-electron chi connectivity index (χ2n) is 5.42. The van der Waals surface area contributed by atoms with Crippen LogP contribution < -0.4 is 5.73 Å². The van der Waals surface area contributed by atoms with Gasteiger partial charge >= 0.3 is 5.97 Å². The summed E-state index contributed by atoms with van der Waals surface area (Å²) in [5, 5.41) is 8.78. The number of aliphatic carboxylic acids is 1. The second kappa shape index (κ2) is 7.03. The number of carbonyl (C=O) groups excluding carboxylic acids is 1. The van der Waals surface area contributed by atoms with Crippen molar-refractivity contribution in [2.75, 3.05) is 25.1 Å². The van der Waals surface area contributed by atoms with Gasteiger partial charge in [0.25, 0.3) is 0 Å². The van der Waals surface area contributed by atoms with Crippen LogP contribution in [0.3, 0.4) is 0 Å². The molecule has 0 aromatic rings. The molecular formula is C12H22N2O5S. The van der Waals surface area contributed by atoms with Crippen molar-refractivity contribution in [3.63, 3.8) is 0 Å². The van der Waals surface area contributed by atoms with E-state index in [1.54, 1.807) is 4.90 Å². The molecule has 1 aliphatic rings. The minimum Gasteiger partial charge on any atom is -0.481 e. The predicted octanol–water partition coefficient (Wildman–Crippen LogP) is -0.538. The third-order valence-corrected chi connectivity index (χ3v) is 4.39. The van der Waals surface area contributed by atoms with E-state index in [1.165, 1.54) is 0 Å². The van der Waals surface area contributed by atoms with Gasteiger partial charge in [0.1, 0.15) is 9.84 Å². The Hall–Kier alpha value is -1.15. The van der Waals surface area contributed by atoms with Crippen LogP contribution in [-0.2, 0) is 19.4 Å². The lowest BCUT2D eigenvalue weighted by Gasteiger charge is -2.33. The van der Waals surface area contributed by atoms with E-state index in [9.17, 15) is 18.0 Å². The van der Waals surface area contributed by atoms with Gasteiger partial charge in [0.2, 0.25) is 5.91 Å². The Morgan fingerprint density at radius 3 is 2.65 bits per heavy atom. The van der Waals surface area contributed by atoms with E-state index in [1.807, 2.05) is 0 Å². The zero-order valence-electron chi connectivity index (χ0n) is 11.6. The number of nitrogens with zero attached hydrogens (tertiary/aromatic N) is 1. The fraction of sp³-hybridized carbons (Fsp3) is 0.833. The average molecular weight is 306 g/mol. The number of hydrogen-bond donors (Lipinski definition) is 2. The highest BCUT2D eigenvalue weighted by Crippen LogP contribution is 2.20. The Balaban J connectivity index is 2.51. The van der Waals surface area contributed by atoms with Gasteiger partial charge in [0.05, 0.1) is 11.8 Å². The highest BCUT2D eigenvalue weighted by molar-refractivity contribution is 7.90. The van der Waals surface area contributed by atoms with Crippen molar-refractivity contribution in [2.45, 2.75) is 31.7 Å². The number of carboxylic acid groups (broad SMARTS) is 1. The number of carbonyl (C=O) groups is 2. The van der Waals surface area contributed by atoms with Gasteiger partial charge in [-0.1, -0.05) is 0 Å². The van der Waals surface area contributed by atoms with E-state index in [-0.39, 0.29) is 30.4 Å². The Kier molecular flexibility index (Phi) is 5.94. The summed E-state index contributed by atoms with van der Waals surface area (Å²) in [5.41, 5.74) is 5.73. The van der Waals surface area contributed by atoms with Crippen LogP contribution in [0.15, 0.2) is 0 Å². The molecule has 8 heteroatoms. The van der Waals surface area contributed by atoms with Crippen molar-refractivity contribution in [3.8, 4) is 0 Å². The van der Waals surface area contributed by atoms with Crippen LogP contribution in [0.5, 0.6) is 0 Å². The van der Waals surface area contributed by atoms with E-state index < -0.39 is 21.8 Å². The maximum Gasteiger partial charge on any atom is 0.303 e. The number of hydrogen-bond acceptors (Lipinski definition) is 5. The average Bonchev–Trinajstić information content (AvgIpc) is 2.33. The highest BCUT2D eigenvalue weighted by atomic mass is 32.2. The van der Waals surface area contributed by atoms with Crippen LogP contribution in [0.25, 0.3) is 0 Å². The van der Waals surface area contributed by atoms with Gasteiger partial charge in [-0.2, -0.15) is 0 Å². The van der Waals surface area contributed by atoms with E-state index >= 15 is 0 Å². The lowest BCUT2D eigenvalue weighted by Crippen LogP contribution is -2.48. The SMILES string of the molecule is CS(=O)(=O)CCC(N)C(=O)N1CCCC(CC(=O)O)C1. The van der Waals surface area contributed by atoms with Crippen molar-refractivity contribution in [1.82, 2.24) is 4.90 Å². The zero-order chi connectivity index (χ0) is 15.3. The molecule has 1 aliphatic heterocycles. The maximum absolute atomic E-state index is 12.1. The summed E-state index contributed by atoms with van der Waals surface area (Å²) >= 11 is 0. The number of piperidine rings is 1. The largest absolute Gasteiger partial charge is 0.481 e. The molecule has 1 rings (SSSR count). The first-order valence-electron chi connectivity index (χ1n) is 6.63. The highest BCUT2D eigenvalue weighted by Gasteiger charge is 2.28. The van der Waals surface area contributed by atoms with Gasteiger partial charge in [0, 0.05) is 25.8 Å². The normalized spacial score (nSPS) is 21.5. The van der Waals surface area contributed by atoms with Crippen molar-refractivity contribution < 1.29 is 23.1 Å². The topological polar surface area (TPSA) is 118 Å². The van der Waals surface area contributed by atoms with E-state index in [2.05, 4.69) is 0 Å². The van der Waals surface area contributed by atoms with Crippen LogP contribution in [-0.4, -0.2) is 61.4 Å².